The number of ether oxygens (including phenoxy) is 1. The number of carbonyl (C=O) groups excluding carboxylic acids is 1. The molecule has 108 valence electrons. The van der Waals surface area contributed by atoms with E-state index in [4.69, 9.17) is 22.8 Å². The maximum Gasteiger partial charge on any atom is 0.222 e. The van der Waals surface area contributed by atoms with Crippen molar-refractivity contribution in [1.82, 2.24) is 5.32 Å². The summed E-state index contributed by atoms with van der Waals surface area (Å²) in [7, 11) is 0. The van der Waals surface area contributed by atoms with Crippen molar-refractivity contribution in [3.05, 3.63) is 34.6 Å². The minimum absolute atomic E-state index is 0.0179. The molecule has 0 aromatic heterocycles. The van der Waals surface area contributed by atoms with Gasteiger partial charge in [0.25, 0.3) is 0 Å². The zero-order chi connectivity index (χ0) is 15.0. The summed E-state index contributed by atoms with van der Waals surface area (Å²) >= 11 is 5.54. The molecule has 1 atom stereocenters. The number of amides is 1. The van der Waals surface area contributed by atoms with E-state index < -0.39 is 11.9 Å². The number of terminal acetylenes is 1. The Morgan fingerprint density at radius 2 is 2.35 bits per heavy atom. The first-order valence-corrected chi connectivity index (χ1v) is 6.33. The molecule has 1 unspecified atom stereocenters. The van der Waals surface area contributed by atoms with Crippen molar-refractivity contribution in [3.63, 3.8) is 0 Å². The van der Waals surface area contributed by atoms with Gasteiger partial charge in [-0.15, -0.1) is 6.42 Å². The summed E-state index contributed by atoms with van der Waals surface area (Å²) < 4.78 is 18.2. The highest BCUT2D eigenvalue weighted by atomic mass is 35.5. The lowest BCUT2D eigenvalue weighted by molar-refractivity contribution is -0.122. The summed E-state index contributed by atoms with van der Waals surface area (Å²) in [6.07, 6.45) is 4.12. The van der Waals surface area contributed by atoms with Crippen LogP contribution in [-0.4, -0.2) is 30.8 Å². The number of hydrogen-bond donors (Lipinski definition) is 2. The van der Waals surface area contributed by atoms with Crippen LogP contribution in [0.5, 0.6) is 0 Å². The molecular weight excluding hydrogens is 285 g/mol. The predicted molar refractivity (Wildman–Crippen MR) is 73.6 cm³/mol. The summed E-state index contributed by atoms with van der Waals surface area (Å²) in [4.78, 5) is 11.4. The Balaban J connectivity index is 2.35. The van der Waals surface area contributed by atoms with Gasteiger partial charge in [0.2, 0.25) is 5.91 Å². The van der Waals surface area contributed by atoms with E-state index in [1.807, 2.05) is 0 Å². The van der Waals surface area contributed by atoms with Gasteiger partial charge in [0, 0.05) is 6.54 Å². The summed E-state index contributed by atoms with van der Waals surface area (Å²) in [6.45, 7) is 0.344. The summed E-state index contributed by atoms with van der Waals surface area (Å²) in [6, 6.07) is 3.98. The molecule has 0 aliphatic rings. The van der Waals surface area contributed by atoms with E-state index >= 15 is 0 Å². The molecule has 0 aliphatic carbocycles. The molecule has 0 saturated carbocycles. The van der Waals surface area contributed by atoms with E-state index in [1.165, 1.54) is 12.1 Å². The monoisotopic (exact) mass is 299 g/mol. The predicted octanol–water partition coefficient (Wildman–Crippen LogP) is 1.67. The van der Waals surface area contributed by atoms with Crippen LogP contribution in [0.15, 0.2) is 18.2 Å². The van der Waals surface area contributed by atoms with Crippen LogP contribution in [0.1, 0.15) is 18.1 Å². The lowest BCUT2D eigenvalue weighted by atomic mass is 10.1. The van der Waals surface area contributed by atoms with Gasteiger partial charge in [-0.25, -0.2) is 4.39 Å². The molecule has 1 amide bonds. The largest absolute Gasteiger partial charge is 0.387 e. The maximum atomic E-state index is 13.2. The van der Waals surface area contributed by atoms with Crippen molar-refractivity contribution >= 4 is 17.5 Å². The van der Waals surface area contributed by atoms with Crippen LogP contribution >= 0.6 is 11.6 Å². The molecular formula is C14H15ClFNO3. The number of nitrogens with one attached hydrogen (secondary N) is 1. The smallest absolute Gasteiger partial charge is 0.222 e. The third-order valence-corrected chi connectivity index (χ3v) is 2.79. The molecule has 1 aromatic carbocycles. The quantitative estimate of drug-likeness (QED) is 0.595. The van der Waals surface area contributed by atoms with E-state index in [2.05, 4.69) is 11.2 Å². The normalized spacial score (nSPS) is 11.7. The maximum absolute atomic E-state index is 13.2. The van der Waals surface area contributed by atoms with Crippen LogP contribution in [0.4, 0.5) is 4.39 Å². The minimum Gasteiger partial charge on any atom is -0.387 e. The number of hydrogen-bond acceptors (Lipinski definition) is 3. The van der Waals surface area contributed by atoms with E-state index in [1.54, 1.807) is 0 Å². The first-order chi connectivity index (χ1) is 9.54. The Bertz CT molecular complexity index is 502. The molecule has 0 aliphatic heterocycles. The van der Waals surface area contributed by atoms with Gasteiger partial charge in [-0.1, -0.05) is 23.6 Å². The molecule has 6 heteroatoms. The minimum atomic E-state index is -1.00. The number of aliphatic hydroxyl groups excluding tert-OH is 1. The second-order valence-corrected chi connectivity index (χ2v) is 4.41. The third-order valence-electron chi connectivity index (χ3n) is 2.48. The molecule has 0 fully saturated rings. The Morgan fingerprint density at radius 1 is 1.60 bits per heavy atom. The van der Waals surface area contributed by atoms with Crippen molar-refractivity contribution in [3.8, 4) is 12.3 Å². The van der Waals surface area contributed by atoms with E-state index in [9.17, 15) is 14.3 Å². The molecule has 0 heterocycles. The zero-order valence-corrected chi connectivity index (χ0v) is 11.5. The molecule has 0 saturated heterocycles. The zero-order valence-electron chi connectivity index (χ0n) is 10.7. The SMILES string of the molecule is C#CCOCCC(=O)NCC(O)c1ccc(Cl)c(F)c1. The van der Waals surface area contributed by atoms with E-state index in [0.29, 0.717) is 5.56 Å². The second kappa shape index (κ2) is 8.54. The van der Waals surface area contributed by atoms with Gasteiger partial charge in [-0.05, 0) is 17.7 Å². The van der Waals surface area contributed by atoms with Gasteiger partial charge in [0.1, 0.15) is 12.4 Å². The summed E-state index contributed by atoms with van der Waals surface area (Å²) in [5.41, 5.74) is 0.343. The van der Waals surface area contributed by atoms with Crippen LogP contribution in [-0.2, 0) is 9.53 Å². The van der Waals surface area contributed by atoms with Crippen LogP contribution in [0.25, 0.3) is 0 Å². The molecule has 4 nitrogen and oxygen atoms in total. The topological polar surface area (TPSA) is 58.6 Å². The number of carbonyl (C=O) groups is 1. The van der Waals surface area contributed by atoms with Gasteiger partial charge in [0.05, 0.1) is 24.2 Å². The first-order valence-electron chi connectivity index (χ1n) is 5.95. The third kappa shape index (κ3) is 5.57. The Hall–Kier alpha value is -1.61. The molecule has 0 radical (unpaired) electrons. The van der Waals surface area contributed by atoms with Crippen LogP contribution in [0.2, 0.25) is 5.02 Å². The number of halogens is 2. The van der Waals surface area contributed by atoms with Crippen LogP contribution < -0.4 is 5.32 Å². The lowest BCUT2D eigenvalue weighted by Gasteiger charge is -2.12. The molecule has 2 N–H and O–H groups in total. The van der Waals surface area contributed by atoms with Crippen molar-refractivity contribution in [2.75, 3.05) is 19.8 Å². The Kier molecular flexibility index (Phi) is 7.02. The van der Waals surface area contributed by atoms with E-state index in [0.717, 1.165) is 6.07 Å². The standard InChI is InChI=1S/C14H15ClFNO3/c1-2-6-20-7-5-14(19)17-9-13(18)10-3-4-11(15)12(16)8-10/h1,3-4,8,13,18H,5-7,9H2,(H,17,19). The summed E-state index contributed by atoms with van der Waals surface area (Å²) in [5.74, 6) is 1.39. The Labute approximate surface area is 121 Å². The first kappa shape index (κ1) is 16.4. The molecule has 0 spiro atoms. The van der Waals surface area contributed by atoms with Gasteiger partial charge >= 0.3 is 0 Å². The second-order valence-electron chi connectivity index (χ2n) is 4.00. The fourth-order valence-electron chi connectivity index (χ4n) is 1.43. The van der Waals surface area contributed by atoms with Gasteiger partial charge in [-0.2, -0.15) is 0 Å². The van der Waals surface area contributed by atoms with Crippen LogP contribution in [0.3, 0.4) is 0 Å². The van der Waals surface area contributed by atoms with Crippen molar-refractivity contribution in [1.29, 1.82) is 0 Å². The average Bonchev–Trinajstić information content (AvgIpc) is 2.44. The van der Waals surface area contributed by atoms with Crippen LogP contribution in [0, 0.1) is 18.2 Å². The summed E-state index contributed by atoms with van der Waals surface area (Å²) in [5, 5.41) is 12.3. The number of rotatable bonds is 7. The average molecular weight is 300 g/mol. The number of aliphatic hydroxyl groups is 1. The fraction of sp³-hybridized carbons (Fsp3) is 0.357. The molecule has 0 bridgehead atoms. The lowest BCUT2D eigenvalue weighted by Crippen LogP contribution is -2.29. The van der Waals surface area contributed by atoms with Gasteiger partial charge < -0.3 is 15.2 Å². The van der Waals surface area contributed by atoms with Crippen molar-refractivity contribution in [2.45, 2.75) is 12.5 Å². The fourth-order valence-corrected chi connectivity index (χ4v) is 1.55. The molecule has 20 heavy (non-hydrogen) atoms. The van der Waals surface area contributed by atoms with Gasteiger partial charge in [-0.3, -0.25) is 4.79 Å². The van der Waals surface area contributed by atoms with E-state index in [-0.39, 0.29) is 37.1 Å². The van der Waals surface area contributed by atoms with Crippen molar-refractivity contribution in [2.24, 2.45) is 0 Å². The highest BCUT2D eigenvalue weighted by Crippen LogP contribution is 2.19. The highest BCUT2D eigenvalue weighted by molar-refractivity contribution is 6.30. The van der Waals surface area contributed by atoms with Crippen molar-refractivity contribution < 1.29 is 19.0 Å². The van der Waals surface area contributed by atoms with Gasteiger partial charge in [0.15, 0.2) is 0 Å². The molecule has 1 rings (SSSR count). The molecule has 1 aromatic rings. The Morgan fingerprint density at radius 3 is 3.00 bits per heavy atom. The number of benzene rings is 1. The highest BCUT2D eigenvalue weighted by Gasteiger charge is 2.11.